The number of aliphatic hydroxyl groups is 7. The van der Waals surface area contributed by atoms with E-state index in [0.29, 0.717) is 11.3 Å². The summed E-state index contributed by atoms with van der Waals surface area (Å²) in [6.07, 6.45) is -17.5. The molecule has 0 bridgehead atoms. The van der Waals surface area contributed by atoms with E-state index in [1.807, 2.05) is 0 Å². The van der Waals surface area contributed by atoms with Gasteiger partial charge in [0.25, 0.3) is 5.79 Å². The summed E-state index contributed by atoms with van der Waals surface area (Å²) in [6.45, 7) is -2.52. The number of ether oxygens (including phenoxy) is 5. The van der Waals surface area contributed by atoms with Crippen LogP contribution in [0.4, 0.5) is 0 Å². The number of carboxylic acid groups (broad SMARTS) is 1. The fourth-order valence-corrected chi connectivity index (χ4v) is 6.38. The van der Waals surface area contributed by atoms with Gasteiger partial charge in [-0.05, 0) is 53.1 Å². The van der Waals surface area contributed by atoms with Crippen molar-refractivity contribution < 1.29 is 84.0 Å². The Morgan fingerprint density at radius 3 is 2.07 bits per heavy atom. The molecule has 2 aliphatic heterocycles. The number of carbonyl (C=O) groups is 3. The fraction of sp³-hybridized carbons (Fsp3) is 0.447. The molecule has 2 amide bonds. The zero-order valence-electron chi connectivity index (χ0n) is 30.5. The lowest BCUT2D eigenvalue weighted by atomic mass is 9.88. The van der Waals surface area contributed by atoms with Crippen molar-refractivity contribution in [1.29, 1.82) is 0 Å². The highest BCUT2D eigenvalue weighted by atomic mass is 16.7. The van der Waals surface area contributed by atoms with Gasteiger partial charge in [0.15, 0.2) is 0 Å². The zero-order valence-corrected chi connectivity index (χ0v) is 30.5. The molecule has 19 heteroatoms. The first kappa shape index (κ1) is 43.2. The number of phenols is 1. The Labute approximate surface area is 325 Å². The Morgan fingerprint density at radius 2 is 1.47 bits per heavy atom. The van der Waals surface area contributed by atoms with E-state index >= 15 is 0 Å². The average Bonchev–Trinajstić information content (AvgIpc) is 3.20. The second kappa shape index (κ2) is 19.0. The SMILES string of the molecule is COc1ccc(O[C@@H]2O[C@H](CO[C@]3(C(=O)O)C[C@H](O)[C@@H](NC(=O)CO)[C@H]([C@H](O)[C@H](O)CNC(=O)Cc4ccc(-c5ccc(O)cc5)cc4)O3)[C@H](O)[C@H](O)[C@H]2O)cc1. The molecule has 2 heterocycles. The summed E-state index contributed by atoms with van der Waals surface area (Å²) in [7, 11) is 1.45. The molecule has 0 saturated carbocycles. The summed E-state index contributed by atoms with van der Waals surface area (Å²) in [5, 5.41) is 99.0. The lowest BCUT2D eigenvalue weighted by molar-refractivity contribution is -0.331. The molecule has 5 rings (SSSR count). The van der Waals surface area contributed by atoms with E-state index in [-0.39, 0.29) is 17.9 Å². The molecule has 0 unspecified atom stereocenters. The third-order valence-corrected chi connectivity index (χ3v) is 9.59. The Hall–Kier alpha value is -4.93. The standard InChI is InChI=1S/C38H46N2O17/c1-53-23-10-12-24(13-11-23)55-36-34(50)33(49)32(48)27(56-36)18-54-38(37(51)52)15-25(43)30(40-29(46)17-41)35(57-38)31(47)26(44)16-39-28(45)14-19-2-4-20(5-3-19)21-6-8-22(42)9-7-21/h2-13,25-27,30-36,41-44,47-50H,14-18H2,1H3,(H,39,45)(H,40,46)(H,51,52)/t25-,26+,27+,30+,31+,32-,33-,34+,35+,36+,38+/m0/s1. The zero-order chi connectivity index (χ0) is 41.4. The molecule has 3 aromatic carbocycles. The van der Waals surface area contributed by atoms with Gasteiger partial charge in [-0.2, -0.15) is 0 Å². The Balaban J connectivity index is 1.25. The number of nitrogens with one attached hydrogen (secondary N) is 2. The molecule has 2 saturated heterocycles. The van der Waals surface area contributed by atoms with Crippen LogP contribution in [-0.2, 0) is 35.0 Å². The predicted molar refractivity (Wildman–Crippen MR) is 193 cm³/mol. The van der Waals surface area contributed by atoms with Crippen LogP contribution in [-0.4, -0.2) is 158 Å². The summed E-state index contributed by atoms with van der Waals surface area (Å²) in [5.41, 5.74) is 2.27. The minimum atomic E-state index is -2.84. The smallest absolute Gasteiger partial charge is 0.364 e. The van der Waals surface area contributed by atoms with Crippen molar-refractivity contribution in [2.45, 2.75) is 79.8 Å². The van der Waals surface area contributed by atoms with E-state index in [9.17, 15) is 60.3 Å². The monoisotopic (exact) mass is 802 g/mol. The number of methoxy groups -OCH3 is 1. The van der Waals surface area contributed by atoms with E-state index in [2.05, 4.69) is 10.6 Å². The third-order valence-electron chi connectivity index (χ3n) is 9.59. The van der Waals surface area contributed by atoms with Gasteiger partial charge in [0, 0.05) is 13.0 Å². The number of hydrogen-bond donors (Lipinski definition) is 11. The minimum absolute atomic E-state index is 0.117. The van der Waals surface area contributed by atoms with Gasteiger partial charge in [-0.15, -0.1) is 0 Å². The van der Waals surface area contributed by atoms with Crippen molar-refractivity contribution in [2.75, 3.05) is 26.9 Å². The maximum atomic E-state index is 12.8. The third kappa shape index (κ3) is 10.5. The van der Waals surface area contributed by atoms with Crippen LogP contribution in [0.25, 0.3) is 11.1 Å². The molecular formula is C38H46N2O17. The largest absolute Gasteiger partial charge is 0.508 e. The number of aromatic hydroxyl groups is 1. The summed E-state index contributed by atoms with van der Waals surface area (Å²) < 4.78 is 27.7. The number of phenolic OH excluding ortho intramolecular Hbond substituents is 1. The topological polar surface area (TPSA) is 303 Å². The van der Waals surface area contributed by atoms with Crippen molar-refractivity contribution >= 4 is 17.8 Å². The van der Waals surface area contributed by atoms with Crippen molar-refractivity contribution in [3.63, 3.8) is 0 Å². The predicted octanol–water partition coefficient (Wildman–Crippen LogP) is -2.24. The average molecular weight is 803 g/mol. The number of rotatable bonds is 16. The normalized spacial score (nSPS) is 28.4. The van der Waals surface area contributed by atoms with Gasteiger partial charge >= 0.3 is 5.97 Å². The molecule has 19 nitrogen and oxygen atoms in total. The van der Waals surface area contributed by atoms with Crippen LogP contribution < -0.4 is 20.1 Å². The fourth-order valence-electron chi connectivity index (χ4n) is 6.38. The molecule has 0 aromatic heterocycles. The Bertz CT molecular complexity index is 1800. The molecule has 3 aromatic rings. The van der Waals surface area contributed by atoms with Crippen molar-refractivity contribution in [3.8, 4) is 28.4 Å². The molecule has 0 spiro atoms. The van der Waals surface area contributed by atoms with E-state index in [4.69, 9.17) is 23.7 Å². The Morgan fingerprint density at radius 1 is 0.860 bits per heavy atom. The number of carboxylic acids is 1. The van der Waals surface area contributed by atoms with Gasteiger partial charge in [0.1, 0.15) is 60.5 Å². The summed E-state index contributed by atoms with van der Waals surface area (Å²) >= 11 is 0. The quantitative estimate of drug-likeness (QED) is 0.0730. The molecular weight excluding hydrogens is 756 g/mol. The summed E-state index contributed by atoms with van der Waals surface area (Å²) in [6, 6.07) is 17.9. The highest BCUT2D eigenvalue weighted by Gasteiger charge is 2.57. The van der Waals surface area contributed by atoms with Gasteiger partial charge < -0.3 is 80.3 Å². The van der Waals surface area contributed by atoms with Crippen molar-refractivity contribution in [3.05, 3.63) is 78.4 Å². The van der Waals surface area contributed by atoms with E-state index in [0.717, 1.165) is 11.1 Å². The molecule has 57 heavy (non-hydrogen) atoms. The molecule has 2 aliphatic rings. The Kier molecular flexibility index (Phi) is 14.4. The van der Waals surface area contributed by atoms with Crippen molar-refractivity contribution in [1.82, 2.24) is 10.6 Å². The number of aliphatic hydroxyl groups excluding tert-OH is 7. The van der Waals surface area contributed by atoms with Crippen LogP contribution in [0.5, 0.6) is 17.2 Å². The number of benzene rings is 3. The summed E-state index contributed by atoms with van der Waals surface area (Å²) in [5.74, 6) is -5.51. The van der Waals surface area contributed by atoms with Crippen LogP contribution in [0.1, 0.15) is 12.0 Å². The number of hydrogen-bond acceptors (Lipinski definition) is 16. The van der Waals surface area contributed by atoms with Crippen LogP contribution in [0, 0.1) is 0 Å². The lowest BCUT2D eigenvalue weighted by Gasteiger charge is -2.47. The van der Waals surface area contributed by atoms with Gasteiger partial charge in [0.2, 0.25) is 18.1 Å². The molecule has 0 radical (unpaired) electrons. The maximum absolute atomic E-state index is 12.8. The lowest BCUT2D eigenvalue weighted by Crippen LogP contribution is -2.69. The first-order valence-electron chi connectivity index (χ1n) is 17.8. The van der Waals surface area contributed by atoms with Crippen LogP contribution in [0.2, 0.25) is 0 Å². The molecule has 2 fully saturated rings. The van der Waals surface area contributed by atoms with Crippen LogP contribution in [0.15, 0.2) is 72.8 Å². The van der Waals surface area contributed by atoms with Crippen LogP contribution >= 0.6 is 0 Å². The first-order chi connectivity index (χ1) is 27.1. The van der Waals surface area contributed by atoms with Gasteiger partial charge in [0.05, 0.1) is 38.4 Å². The van der Waals surface area contributed by atoms with Crippen molar-refractivity contribution in [2.24, 2.45) is 0 Å². The number of aliphatic carboxylic acids is 1. The first-order valence-corrected chi connectivity index (χ1v) is 17.8. The van der Waals surface area contributed by atoms with Gasteiger partial charge in [-0.1, -0.05) is 36.4 Å². The van der Waals surface area contributed by atoms with E-state index in [1.54, 1.807) is 60.7 Å². The van der Waals surface area contributed by atoms with Gasteiger partial charge in [-0.25, -0.2) is 4.79 Å². The molecule has 0 aliphatic carbocycles. The van der Waals surface area contributed by atoms with Crippen LogP contribution in [0.3, 0.4) is 0 Å². The minimum Gasteiger partial charge on any atom is -0.508 e. The highest BCUT2D eigenvalue weighted by molar-refractivity contribution is 5.79. The highest BCUT2D eigenvalue weighted by Crippen LogP contribution is 2.35. The number of amides is 2. The molecule has 310 valence electrons. The molecule has 11 atom stereocenters. The second-order valence-electron chi connectivity index (χ2n) is 13.6. The second-order valence-corrected chi connectivity index (χ2v) is 13.6. The van der Waals surface area contributed by atoms with E-state index < -0.39 is 111 Å². The van der Waals surface area contributed by atoms with E-state index in [1.165, 1.54) is 19.2 Å². The molecule has 11 N–H and O–H groups in total. The summed E-state index contributed by atoms with van der Waals surface area (Å²) in [4.78, 5) is 37.7. The number of carbonyl (C=O) groups excluding carboxylic acids is 2. The maximum Gasteiger partial charge on any atom is 0.364 e. The van der Waals surface area contributed by atoms with Gasteiger partial charge in [-0.3, -0.25) is 9.59 Å².